The van der Waals surface area contributed by atoms with Crippen molar-refractivity contribution in [2.45, 2.75) is 6.92 Å². The Morgan fingerprint density at radius 3 is 2.56 bits per heavy atom. The summed E-state index contributed by atoms with van der Waals surface area (Å²) >= 11 is 0. The zero-order valence-corrected chi connectivity index (χ0v) is 10.3. The van der Waals surface area contributed by atoms with Gasteiger partial charge in [0.1, 0.15) is 5.75 Å². The number of hydrogen-bond acceptors (Lipinski definition) is 2. The highest BCUT2D eigenvalue weighted by Gasteiger charge is 2.09. The summed E-state index contributed by atoms with van der Waals surface area (Å²) in [5, 5.41) is 9.00. The Labute approximate surface area is 106 Å². The molecule has 0 bridgehead atoms. The minimum atomic E-state index is -0.919. The lowest BCUT2D eigenvalue weighted by Gasteiger charge is -2.10. The second kappa shape index (κ2) is 4.92. The van der Waals surface area contributed by atoms with Crippen molar-refractivity contribution in [1.29, 1.82) is 0 Å². The third kappa shape index (κ3) is 2.20. The van der Waals surface area contributed by atoms with Gasteiger partial charge in [-0.1, -0.05) is 24.3 Å². The molecule has 0 radical (unpaired) electrons. The third-order valence-corrected chi connectivity index (χ3v) is 2.92. The number of ether oxygens (including phenoxy) is 1. The van der Waals surface area contributed by atoms with Crippen molar-refractivity contribution < 1.29 is 14.6 Å². The second-order valence-electron chi connectivity index (χ2n) is 4.02. The van der Waals surface area contributed by atoms with Gasteiger partial charge in [0.25, 0.3) is 0 Å². The number of carboxylic acid groups (broad SMARTS) is 1. The summed E-state index contributed by atoms with van der Waals surface area (Å²) in [5.41, 5.74) is 3.15. The largest absolute Gasteiger partial charge is 0.496 e. The predicted octanol–water partition coefficient (Wildman–Crippen LogP) is 3.37. The lowest BCUT2D eigenvalue weighted by atomic mass is 9.98. The number of hydrogen-bond donors (Lipinski definition) is 1. The van der Waals surface area contributed by atoms with Crippen LogP contribution in [0.15, 0.2) is 42.5 Å². The van der Waals surface area contributed by atoms with Crippen molar-refractivity contribution in [2.24, 2.45) is 0 Å². The van der Waals surface area contributed by atoms with E-state index in [1.54, 1.807) is 25.3 Å². The monoisotopic (exact) mass is 242 g/mol. The maximum Gasteiger partial charge on any atom is 0.335 e. The van der Waals surface area contributed by atoms with Crippen LogP contribution < -0.4 is 4.74 Å². The van der Waals surface area contributed by atoms with Crippen molar-refractivity contribution in [2.75, 3.05) is 7.11 Å². The summed E-state index contributed by atoms with van der Waals surface area (Å²) < 4.78 is 5.27. The van der Waals surface area contributed by atoms with Crippen molar-refractivity contribution in [3.8, 4) is 16.9 Å². The van der Waals surface area contributed by atoms with Crippen LogP contribution in [-0.4, -0.2) is 18.2 Å². The van der Waals surface area contributed by atoms with Crippen LogP contribution in [0.3, 0.4) is 0 Å². The average Bonchev–Trinajstić information content (AvgIpc) is 2.39. The first-order valence-corrected chi connectivity index (χ1v) is 5.61. The Bertz CT molecular complexity index is 588. The molecule has 0 saturated heterocycles. The summed E-state index contributed by atoms with van der Waals surface area (Å²) in [4.78, 5) is 11.0. The van der Waals surface area contributed by atoms with Gasteiger partial charge in [0, 0.05) is 0 Å². The highest BCUT2D eigenvalue weighted by atomic mass is 16.5. The molecule has 2 aromatic rings. The van der Waals surface area contributed by atoms with E-state index >= 15 is 0 Å². The molecule has 0 amide bonds. The Morgan fingerprint density at radius 2 is 1.89 bits per heavy atom. The Balaban J connectivity index is 2.55. The summed E-state index contributed by atoms with van der Waals surface area (Å²) in [6.45, 7) is 1.96. The fourth-order valence-corrected chi connectivity index (χ4v) is 1.97. The van der Waals surface area contributed by atoms with E-state index < -0.39 is 5.97 Å². The van der Waals surface area contributed by atoms with Crippen LogP contribution >= 0.6 is 0 Å². The van der Waals surface area contributed by atoms with Crippen LogP contribution in [0.2, 0.25) is 0 Å². The van der Waals surface area contributed by atoms with Gasteiger partial charge in [0.05, 0.1) is 12.7 Å². The number of rotatable bonds is 3. The molecule has 0 spiro atoms. The van der Waals surface area contributed by atoms with E-state index in [0.29, 0.717) is 0 Å². The van der Waals surface area contributed by atoms with Gasteiger partial charge in [0.2, 0.25) is 0 Å². The van der Waals surface area contributed by atoms with Crippen molar-refractivity contribution >= 4 is 5.97 Å². The molecule has 2 aromatic carbocycles. The first-order valence-electron chi connectivity index (χ1n) is 5.61. The van der Waals surface area contributed by atoms with Crippen molar-refractivity contribution in [3.63, 3.8) is 0 Å². The summed E-state index contributed by atoms with van der Waals surface area (Å²) in [7, 11) is 1.62. The van der Waals surface area contributed by atoms with E-state index in [0.717, 1.165) is 22.4 Å². The average molecular weight is 242 g/mol. The Kier molecular flexibility index (Phi) is 3.33. The van der Waals surface area contributed by atoms with Crippen LogP contribution in [0.1, 0.15) is 15.9 Å². The normalized spacial score (nSPS) is 10.1. The molecule has 0 saturated carbocycles. The van der Waals surface area contributed by atoms with E-state index in [1.165, 1.54) is 0 Å². The molecule has 1 N–H and O–H groups in total. The molecule has 18 heavy (non-hydrogen) atoms. The molecule has 0 aliphatic rings. The molecule has 3 nitrogen and oxygen atoms in total. The highest BCUT2D eigenvalue weighted by Crippen LogP contribution is 2.30. The number of benzene rings is 2. The van der Waals surface area contributed by atoms with Gasteiger partial charge in [-0.2, -0.15) is 0 Å². The molecular weight excluding hydrogens is 228 g/mol. The zero-order valence-electron chi connectivity index (χ0n) is 10.3. The minimum Gasteiger partial charge on any atom is -0.496 e. The van der Waals surface area contributed by atoms with Gasteiger partial charge in [-0.15, -0.1) is 0 Å². The van der Waals surface area contributed by atoms with Crippen LogP contribution in [-0.2, 0) is 0 Å². The van der Waals surface area contributed by atoms with Crippen LogP contribution in [0.5, 0.6) is 5.75 Å². The molecule has 0 heterocycles. The fraction of sp³-hybridized carbons (Fsp3) is 0.133. The quantitative estimate of drug-likeness (QED) is 0.897. The van der Waals surface area contributed by atoms with Gasteiger partial charge in [-0.25, -0.2) is 4.79 Å². The van der Waals surface area contributed by atoms with Crippen molar-refractivity contribution in [3.05, 3.63) is 53.6 Å². The third-order valence-electron chi connectivity index (χ3n) is 2.92. The van der Waals surface area contributed by atoms with Crippen LogP contribution in [0.25, 0.3) is 11.1 Å². The van der Waals surface area contributed by atoms with Crippen LogP contribution in [0, 0.1) is 6.92 Å². The number of carboxylic acids is 1. The second-order valence-corrected chi connectivity index (χ2v) is 4.02. The molecule has 92 valence electrons. The molecular formula is C15H14O3. The van der Waals surface area contributed by atoms with E-state index in [-0.39, 0.29) is 5.56 Å². The topological polar surface area (TPSA) is 46.5 Å². The summed E-state index contributed by atoms with van der Waals surface area (Å²) in [6, 6.07) is 12.6. The number of aromatic carboxylic acids is 1. The lowest BCUT2D eigenvalue weighted by molar-refractivity contribution is 0.0697. The molecule has 3 heteroatoms. The van der Waals surface area contributed by atoms with Gasteiger partial charge >= 0.3 is 5.97 Å². The zero-order chi connectivity index (χ0) is 13.1. The number of carbonyl (C=O) groups is 1. The van der Waals surface area contributed by atoms with Gasteiger partial charge in [-0.05, 0) is 41.8 Å². The maximum absolute atomic E-state index is 11.0. The smallest absolute Gasteiger partial charge is 0.335 e. The van der Waals surface area contributed by atoms with E-state index in [4.69, 9.17) is 9.84 Å². The van der Waals surface area contributed by atoms with E-state index in [2.05, 4.69) is 0 Å². The Hall–Kier alpha value is -2.29. The minimum absolute atomic E-state index is 0.287. The van der Waals surface area contributed by atoms with E-state index in [1.807, 2.05) is 31.2 Å². The lowest BCUT2D eigenvalue weighted by Crippen LogP contribution is -1.96. The first-order chi connectivity index (χ1) is 8.63. The van der Waals surface area contributed by atoms with Gasteiger partial charge in [0.15, 0.2) is 0 Å². The first kappa shape index (κ1) is 12.2. The molecule has 0 aliphatic heterocycles. The molecule has 0 aromatic heterocycles. The predicted molar refractivity (Wildman–Crippen MR) is 70.1 cm³/mol. The number of methoxy groups -OCH3 is 1. The maximum atomic E-state index is 11.0. The van der Waals surface area contributed by atoms with Gasteiger partial charge in [-0.3, -0.25) is 0 Å². The Morgan fingerprint density at radius 1 is 1.17 bits per heavy atom. The fourth-order valence-electron chi connectivity index (χ4n) is 1.97. The molecule has 0 fully saturated rings. The van der Waals surface area contributed by atoms with E-state index in [9.17, 15) is 4.79 Å². The molecule has 0 aliphatic carbocycles. The highest BCUT2D eigenvalue weighted by molar-refractivity contribution is 5.89. The molecule has 2 rings (SSSR count). The van der Waals surface area contributed by atoms with Crippen molar-refractivity contribution in [1.82, 2.24) is 0 Å². The summed E-state index contributed by atoms with van der Waals surface area (Å²) in [5.74, 6) is -0.120. The SMILES string of the molecule is COc1cccc(-c2cccc(C(=O)O)c2)c1C. The molecule has 0 atom stereocenters. The van der Waals surface area contributed by atoms with Crippen LogP contribution in [0.4, 0.5) is 0 Å². The standard InChI is InChI=1S/C15H14O3/c1-10-13(7-4-8-14(10)18-2)11-5-3-6-12(9-11)15(16)17/h3-9H,1-2H3,(H,16,17). The summed E-state index contributed by atoms with van der Waals surface area (Å²) in [6.07, 6.45) is 0. The molecule has 0 unspecified atom stereocenters. The van der Waals surface area contributed by atoms with Gasteiger partial charge < -0.3 is 9.84 Å².